The van der Waals surface area contributed by atoms with E-state index in [0.29, 0.717) is 39.3 Å². The van der Waals surface area contributed by atoms with Gasteiger partial charge in [0, 0.05) is 85.8 Å². The predicted molar refractivity (Wildman–Crippen MR) is 165 cm³/mol. The molecule has 3 aromatic heterocycles. The van der Waals surface area contributed by atoms with E-state index >= 15 is 0 Å². The Labute approximate surface area is 252 Å². The number of ether oxygens (including phenoxy) is 2. The van der Waals surface area contributed by atoms with Crippen molar-refractivity contribution in [3.63, 3.8) is 0 Å². The number of benzene rings is 2. The fourth-order valence-electron chi connectivity index (χ4n) is 5.98. The van der Waals surface area contributed by atoms with Crippen LogP contribution >= 0.6 is 11.6 Å². The van der Waals surface area contributed by atoms with Crippen molar-refractivity contribution < 1.29 is 14.3 Å². The van der Waals surface area contributed by atoms with Gasteiger partial charge in [-0.25, -0.2) is 9.78 Å². The number of likely N-dealkylation sites (tertiary alicyclic amines) is 1. The Hall–Kier alpha value is -4.84. The summed E-state index contributed by atoms with van der Waals surface area (Å²) in [5.74, 6) is 1.55. The third-order valence-electron chi connectivity index (χ3n) is 8.12. The van der Waals surface area contributed by atoms with Gasteiger partial charge in [-0.3, -0.25) is 4.40 Å². The lowest BCUT2D eigenvalue weighted by Gasteiger charge is -2.61. The van der Waals surface area contributed by atoms with Crippen LogP contribution in [0.25, 0.3) is 27.8 Å². The Morgan fingerprint density at radius 1 is 1.00 bits per heavy atom. The molecule has 43 heavy (non-hydrogen) atoms. The van der Waals surface area contributed by atoms with E-state index in [-0.39, 0.29) is 11.4 Å². The highest BCUT2D eigenvalue weighted by Crippen LogP contribution is 2.43. The van der Waals surface area contributed by atoms with Crippen LogP contribution in [0.5, 0.6) is 11.5 Å². The highest BCUT2D eigenvalue weighted by Gasteiger charge is 2.53. The Balaban J connectivity index is 1.10. The first-order valence-corrected chi connectivity index (χ1v) is 14.1. The number of carbonyl (C=O) groups is 1. The average molecular weight is 600 g/mol. The molecule has 2 aliphatic heterocycles. The molecular formula is C30H30ClN9O3. The Kier molecular flexibility index (Phi) is 6.38. The highest BCUT2D eigenvalue weighted by atomic mass is 35.5. The van der Waals surface area contributed by atoms with Gasteiger partial charge in [0.15, 0.2) is 11.3 Å². The van der Waals surface area contributed by atoms with Crippen molar-refractivity contribution in [2.24, 2.45) is 5.41 Å². The minimum atomic E-state index is 0.0859. The number of nitrogens with one attached hydrogen (secondary N) is 1. The van der Waals surface area contributed by atoms with Gasteiger partial charge >= 0.3 is 6.03 Å². The zero-order valence-corrected chi connectivity index (χ0v) is 25.0. The molecule has 12 nitrogen and oxygen atoms in total. The summed E-state index contributed by atoms with van der Waals surface area (Å²) in [4.78, 5) is 27.4. The third-order valence-corrected chi connectivity index (χ3v) is 8.51. The molecule has 2 amide bonds. The van der Waals surface area contributed by atoms with Crippen molar-refractivity contribution in [1.82, 2.24) is 34.4 Å². The number of urea groups is 1. The van der Waals surface area contributed by atoms with Crippen molar-refractivity contribution in [1.29, 1.82) is 0 Å². The molecule has 2 aromatic carbocycles. The summed E-state index contributed by atoms with van der Waals surface area (Å²) in [7, 11) is 6.74. The Bertz CT molecular complexity index is 1860. The van der Waals surface area contributed by atoms with Crippen molar-refractivity contribution >= 4 is 51.6 Å². The molecular weight excluding hydrogens is 570 g/mol. The number of nitrogens with zero attached hydrogens (tertiary/aromatic N) is 8. The molecule has 2 saturated heterocycles. The quantitative estimate of drug-likeness (QED) is 0.300. The first kappa shape index (κ1) is 27.0. The normalized spacial score (nSPS) is 15.4. The molecule has 7 rings (SSSR count). The van der Waals surface area contributed by atoms with Crippen LogP contribution in [0.4, 0.5) is 22.1 Å². The van der Waals surface area contributed by atoms with Gasteiger partial charge in [-0.05, 0) is 36.4 Å². The second kappa shape index (κ2) is 10.2. The maximum Gasteiger partial charge on any atom is 0.319 e. The van der Waals surface area contributed by atoms with E-state index in [1.807, 2.05) is 33.6 Å². The van der Waals surface area contributed by atoms with Gasteiger partial charge in [-0.2, -0.15) is 4.98 Å². The van der Waals surface area contributed by atoms with Crippen molar-refractivity contribution in [3.8, 4) is 22.6 Å². The van der Waals surface area contributed by atoms with Crippen LogP contribution in [0.15, 0.2) is 55.0 Å². The molecule has 220 valence electrons. The smallest absolute Gasteiger partial charge is 0.319 e. The molecule has 0 atom stereocenters. The van der Waals surface area contributed by atoms with E-state index in [4.69, 9.17) is 26.1 Å². The summed E-state index contributed by atoms with van der Waals surface area (Å²) in [5.41, 5.74) is 4.93. The fraction of sp³-hybridized carbons (Fsp3) is 0.300. The van der Waals surface area contributed by atoms with Gasteiger partial charge in [-0.1, -0.05) is 11.6 Å². The van der Waals surface area contributed by atoms with Crippen LogP contribution in [0, 0.1) is 5.41 Å². The molecule has 1 spiro atoms. The first-order chi connectivity index (χ1) is 20.8. The van der Waals surface area contributed by atoms with Crippen molar-refractivity contribution in [2.75, 3.05) is 64.7 Å². The van der Waals surface area contributed by atoms with E-state index in [1.165, 1.54) is 0 Å². The summed E-state index contributed by atoms with van der Waals surface area (Å²) < 4.78 is 12.7. The molecule has 5 heterocycles. The number of methoxy groups -OCH3 is 2. The maximum absolute atomic E-state index is 12.1. The van der Waals surface area contributed by atoms with Crippen molar-refractivity contribution in [2.45, 2.75) is 0 Å². The predicted octanol–water partition coefficient (Wildman–Crippen LogP) is 4.56. The van der Waals surface area contributed by atoms with Crippen LogP contribution in [0.3, 0.4) is 0 Å². The Morgan fingerprint density at radius 3 is 2.47 bits per heavy atom. The highest BCUT2D eigenvalue weighted by molar-refractivity contribution is 6.35. The lowest BCUT2D eigenvalue weighted by atomic mass is 9.72. The summed E-state index contributed by atoms with van der Waals surface area (Å²) in [6.07, 6.45) is 3.38. The second-order valence-corrected chi connectivity index (χ2v) is 11.7. The molecule has 0 radical (unpaired) electrons. The minimum Gasteiger partial charge on any atom is -0.497 e. The molecule has 1 N–H and O–H groups in total. The van der Waals surface area contributed by atoms with Crippen LogP contribution in [-0.4, -0.2) is 94.9 Å². The molecule has 0 unspecified atom stereocenters. The van der Waals surface area contributed by atoms with Gasteiger partial charge in [0.2, 0.25) is 5.95 Å². The summed E-state index contributed by atoms with van der Waals surface area (Å²) >= 11 is 6.70. The molecule has 5 aromatic rings. The van der Waals surface area contributed by atoms with E-state index in [1.54, 1.807) is 51.8 Å². The zero-order valence-electron chi connectivity index (χ0n) is 24.2. The molecule has 0 bridgehead atoms. The standard InChI is InChI=1S/C30H30ClN9O3/c1-37(2)29(41)39-15-30(16-39)13-38(14-30)20-7-5-19(6-8-20)34-28-32-12-18-9-23(27-36-33-17-40(27)26(18)35-28)22-10-21(42-3)11-24(43-4)25(22)31/h5-12,17H,13-16H2,1-4H3,(H,32,34,35). The number of amides is 2. The summed E-state index contributed by atoms with van der Waals surface area (Å²) in [5, 5.41) is 13.0. The van der Waals surface area contributed by atoms with Crippen LogP contribution in [0.1, 0.15) is 0 Å². The molecule has 0 aliphatic carbocycles. The third kappa shape index (κ3) is 4.58. The molecule has 2 fully saturated rings. The average Bonchev–Trinajstić information content (AvgIpc) is 3.47. The Morgan fingerprint density at radius 2 is 1.77 bits per heavy atom. The largest absolute Gasteiger partial charge is 0.497 e. The maximum atomic E-state index is 12.1. The monoisotopic (exact) mass is 599 g/mol. The molecule has 0 saturated carbocycles. The van der Waals surface area contributed by atoms with Gasteiger partial charge in [0.05, 0.1) is 19.2 Å². The first-order valence-electron chi connectivity index (χ1n) is 13.8. The number of carbonyl (C=O) groups excluding carboxylic acids is 1. The van der Waals surface area contributed by atoms with Gasteiger partial charge in [-0.15, -0.1) is 10.2 Å². The van der Waals surface area contributed by atoms with Crippen LogP contribution in [0.2, 0.25) is 5.02 Å². The van der Waals surface area contributed by atoms with E-state index < -0.39 is 0 Å². The molecule has 13 heteroatoms. The van der Waals surface area contributed by atoms with Crippen molar-refractivity contribution in [3.05, 3.63) is 60.0 Å². The number of hydrogen-bond acceptors (Lipinski definition) is 9. The topological polar surface area (TPSA) is 113 Å². The molecule has 2 aliphatic rings. The SMILES string of the molecule is COc1cc(OC)c(Cl)c(-c2cc3cnc(Nc4ccc(N5CC6(CN(C(=O)N(C)C)C6)C5)cc4)nc3n3cnnc23)c1. The number of halogens is 1. The zero-order chi connectivity index (χ0) is 29.9. The second-order valence-electron chi connectivity index (χ2n) is 11.3. The van der Waals surface area contributed by atoms with Gasteiger partial charge < -0.3 is 29.5 Å². The summed E-state index contributed by atoms with van der Waals surface area (Å²) in [6, 6.07) is 13.8. The van der Waals surface area contributed by atoms with E-state index in [0.717, 1.165) is 48.5 Å². The van der Waals surface area contributed by atoms with Gasteiger partial charge in [0.25, 0.3) is 0 Å². The number of anilines is 3. The minimum absolute atomic E-state index is 0.0859. The lowest BCUT2D eigenvalue weighted by molar-refractivity contribution is -0.000140. The number of pyridine rings is 1. The number of aromatic nitrogens is 5. The number of rotatable bonds is 6. The lowest BCUT2D eigenvalue weighted by Crippen LogP contribution is -2.73. The van der Waals surface area contributed by atoms with Gasteiger partial charge in [0.1, 0.15) is 17.8 Å². The number of fused-ring (bicyclic) bond motifs is 3. The fourth-order valence-corrected chi connectivity index (χ4v) is 6.26. The van der Waals surface area contributed by atoms with Crippen LogP contribution in [-0.2, 0) is 0 Å². The van der Waals surface area contributed by atoms with E-state index in [9.17, 15) is 4.79 Å². The summed E-state index contributed by atoms with van der Waals surface area (Å²) in [6.45, 7) is 3.55. The van der Waals surface area contributed by atoms with Crippen LogP contribution < -0.4 is 19.7 Å². The number of hydrogen-bond donors (Lipinski definition) is 1. The van der Waals surface area contributed by atoms with E-state index in [2.05, 4.69) is 37.5 Å².